The second-order valence-electron chi connectivity index (χ2n) is 7.91. The standard InChI is InChI=1S/C22H25FN2O7S/c23-15-2-1-3-17(9-15)33(28,29)25-18-6-5-16(32-21(18)12-26)10-22(27)24-11-14-4-7-19-20(8-14)31-13-30-19/h1-4,7-9,16,18,21,25-26H,5-6,10-13H2,(H,24,27)/t16-,18-,21+/m1/s1. The van der Waals surface area contributed by atoms with Crippen LogP contribution in [0.1, 0.15) is 24.8 Å². The quantitative estimate of drug-likeness (QED) is 0.523. The lowest BCUT2D eigenvalue weighted by atomic mass is 9.98. The van der Waals surface area contributed by atoms with Crippen LogP contribution < -0.4 is 19.5 Å². The Morgan fingerprint density at radius 3 is 2.73 bits per heavy atom. The molecule has 9 nitrogen and oxygen atoms in total. The van der Waals surface area contributed by atoms with Crippen LogP contribution in [0.4, 0.5) is 4.39 Å². The molecule has 2 aliphatic rings. The number of carbonyl (C=O) groups is 1. The van der Waals surface area contributed by atoms with Crippen LogP contribution in [0.5, 0.6) is 11.5 Å². The van der Waals surface area contributed by atoms with E-state index in [9.17, 15) is 22.7 Å². The monoisotopic (exact) mass is 480 g/mol. The molecule has 0 unspecified atom stereocenters. The normalized spacial score (nSPS) is 22.2. The number of nitrogens with one attached hydrogen (secondary N) is 2. The molecule has 3 N–H and O–H groups in total. The van der Waals surface area contributed by atoms with E-state index in [2.05, 4.69) is 10.0 Å². The molecule has 4 rings (SSSR count). The van der Waals surface area contributed by atoms with E-state index in [1.807, 2.05) is 6.07 Å². The van der Waals surface area contributed by atoms with Gasteiger partial charge in [0.15, 0.2) is 11.5 Å². The predicted octanol–water partition coefficient (Wildman–Crippen LogP) is 1.45. The van der Waals surface area contributed by atoms with Gasteiger partial charge in [0, 0.05) is 6.54 Å². The Bertz CT molecular complexity index is 1110. The third-order valence-electron chi connectivity index (χ3n) is 5.55. The molecule has 3 atom stereocenters. The second-order valence-corrected chi connectivity index (χ2v) is 9.62. The summed E-state index contributed by atoms with van der Waals surface area (Å²) in [6.45, 7) is 0.0584. The van der Waals surface area contributed by atoms with E-state index >= 15 is 0 Å². The molecule has 1 fully saturated rings. The van der Waals surface area contributed by atoms with Gasteiger partial charge in [-0.1, -0.05) is 12.1 Å². The number of amides is 1. The minimum Gasteiger partial charge on any atom is -0.454 e. The fraction of sp³-hybridized carbons (Fsp3) is 0.409. The Labute approximate surface area is 190 Å². The van der Waals surface area contributed by atoms with Gasteiger partial charge in [0.1, 0.15) is 5.82 Å². The molecule has 1 saturated heterocycles. The predicted molar refractivity (Wildman–Crippen MR) is 115 cm³/mol. The summed E-state index contributed by atoms with van der Waals surface area (Å²) in [5.74, 6) is 0.407. The third-order valence-corrected chi connectivity index (χ3v) is 7.04. The summed E-state index contributed by atoms with van der Waals surface area (Å²) in [6, 6.07) is 9.40. The van der Waals surface area contributed by atoms with Gasteiger partial charge in [-0.15, -0.1) is 0 Å². The lowest BCUT2D eigenvalue weighted by Gasteiger charge is -2.35. The first-order chi connectivity index (χ1) is 15.8. The second kappa shape index (κ2) is 10.0. The number of aliphatic hydroxyl groups excluding tert-OH is 1. The van der Waals surface area contributed by atoms with Crippen molar-refractivity contribution in [2.45, 2.75) is 49.0 Å². The number of hydrogen-bond acceptors (Lipinski definition) is 7. The number of rotatable bonds is 8. The first-order valence-corrected chi connectivity index (χ1v) is 12.0. The average Bonchev–Trinajstić information content (AvgIpc) is 3.26. The Morgan fingerprint density at radius 2 is 1.94 bits per heavy atom. The van der Waals surface area contributed by atoms with Gasteiger partial charge in [-0.05, 0) is 48.7 Å². The molecule has 2 aromatic carbocycles. The van der Waals surface area contributed by atoms with Crippen molar-refractivity contribution >= 4 is 15.9 Å². The fourth-order valence-corrected chi connectivity index (χ4v) is 5.18. The maximum Gasteiger partial charge on any atom is 0.241 e. The number of carbonyl (C=O) groups excluding carboxylic acids is 1. The molecule has 0 aliphatic carbocycles. The molecule has 0 bridgehead atoms. The highest BCUT2D eigenvalue weighted by Gasteiger charge is 2.34. The highest BCUT2D eigenvalue weighted by molar-refractivity contribution is 7.89. The van der Waals surface area contributed by atoms with Gasteiger partial charge < -0.3 is 24.6 Å². The Kier molecular flexibility index (Phi) is 7.13. The van der Waals surface area contributed by atoms with E-state index in [1.54, 1.807) is 12.1 Å². The molecule has 0 aromatic heterocycles. The molecule has 2 aromatic rings. The number of hydrogen-bond donors (Lipinski definition) is 3. The minimum atomic E-state index is -3.99. The smallest absolute Gasteiger partial charge is 0.241 e. The first-order valence-electron chi connectivity index (χ1n) is 10.5. The fourth-order valence-electron chi connectivity index (χ4n) is 3.85. The van der Waals surface area contributed by atoms with Crippen LogP contribution in [0.15, 0.2) is 47.4 Å². The summed E-state index contributed by atoms with van der Waals surface area (Å²) in [7, 11) is -3.99. The molecule has 2 heterocycles. The van der Waals surface area contributed by atoms with Crippen molar-refractivity contribution < 1.29 is 36.9 Å². The topological polar surface area (TPSA) is 123 Å². The summed E-state index contributed by atoms with van der Waals surface area (Å²) < 4.78 is 57.4. The molecule has 1 amide bonds. The highest BCUT2D eigenvalue weighted by atomic mass is 32.2. The SMILES string of the molecule is O=C(C[C@H]1CC[C@@H](NS(=O)(=O)c2cccc(F)c2)[C@H](CO)O1)NCc1ccc2c(c1)OCO2. The first kappa shape index (κ1) is 23.4. The minimum absolute atomic E-state index is 0.0738. The van der Waals surface area contributed by atoms with Crippen molar-refractivity contribution in [2.24, 2.45) is 0 Å². The zero-order valence-corrected chi connectivity index (χ0v) is 18.5. The zero-order chi connectivity index (χ0) is 23.4. The molecular formula is C22H25FN2O7S. The van der Waals surface area contributed by atoms with E-state index < -0.39 is 40.7 Å². The number of sulfonamides is 1. The number of fused-ring (bicyclic) bond motifs is 1. The molecule has 0 radical (unpaired) electrons. The largest absolute Gasteiger partial charge is 0.454 e. The lowest BCUT2D eigenvalue weighted by Crippen LogP contribution is -2.51. The van der Waals surface area contributed by atoms with Gasteiger partial charge >= 0.3 is 0 Å². The van der Waals surface area contributed by atoms with E-state index in [1.165, 1.54) is 12.1 Å². The zero-order valence-electron chi connectivity index (χ0n) is 17.7. The van der Waals surface area contributed by atoms with E-state index in [-0.39, 0.29) is 24.0 Å². The maximum absolute atomic E-state index is 13.4. The van der Waals surface area contributed by atoms with Gasteiger partial charge in [-0.2, -0.15) is 0 Å². The molecule has 178 valence electrons. The molecular weight excluding hydrogens is 455 g/mol. The van der Waals surface area contributed by atoms with Crippen molar-refractivity contribution in [3.05, 3.63) is 53.8 Å². The Balaban J connectivity index is 1.28. The lowest BCUT2D eigenvalue weighted by molar-refractivity contribution is -0.130. The van der Waals surface area contributed by atoms with Crippen LogP contribution in [0.25, 0.3) is 0 Å². The molecule has 0 spiro atoms. The molecule has 11 heteroatoms. The van der Waals surface area contributed by atoms with Crippen molar-refractivity contribution in [2.75, 3.05) is 13.4 Å². The van der Waals surface area contributed by atoms with Crippen LogP contribution in [0.2, 0.25) is 0 Å². The number of halogens is 1. The molecule has 33 heavy (non-hydrogen) atoms. The van der Waals surface area contributed by atoms with Gasteiger partial charge in [0.25, 0.3) is 0 Å². The summed E-state index contributed by atoms with van der Waals surface area (Å²) in [5, 5.41) is 12.5. The Hall–Kier alpha value is -2.73. The molecule has 2 aliphatic heterocycles. The number of benzene rings is 2. The van der Waals surface area contributed by atoms with Crippen LogP contribution in [0.3, 0.4) is 0 Å². The van der Waals surface area contributed by atoms with Crippen molar-refractivity contribution in [3.63, 3.8) is 0 Å². The number of aliphatic hydroxyl groups is 1. The van der Waals surface area contributed by atoms with Crippen molar-refractivity contribution in [1.82, 2.24) is 10.0 Å². The summed E-state index contributed by atoms with van der Waals surface area (Å²) in [6.07, 6.45) is -0.434. The highest BCUT2D eigenvalue weighted by Crippen LogP contribution is 2.32. The Morgan fingerprint density at radius 1 is 1.12 bits per heavy atom. The molecule has 0 saturated carbocycles. The van der Waals surface area contributed by atoms with Gasteiger partial charge in [0.2, 0.25) is 22.7 Å². The van der Waals surface area contributed by atoms with Gasteiger partial charge in [-0.25, -0.2) is 17.5 Å². The van der Waals surface area contributed by atoms with Crippen LogP contribution in [-0.2, 0) is 26.1 Å². The van der Waals surface area contributed by atoms with E-state index in [0.717, 1.165) is 17.7 Å². The van der Waals surface area contributed by atoms with E-state index in [0.29, 0.717) is 30.9 Å². The summed E-state index contributed by atoms with van der Waals surface area (Å²) in [5.41, 5.74) is 0.859. The van der Waals surface area contributed by atoms with Gasteiger partial charge in [0.05, 0.1) is 36.2 Å². The van der Waals surface area contributed by atoms with Crippen molar-refractivity contribution in [1.29, 1.82) is 0 Å². The van der Waals surface area contributed by atoms with Crippen LogP contribution in [-0.4, -0.2) is 51.1 Å². The maximum atomic E-state index is 13.4. The van der Waals surface area contributed by atoms with E-state index in [4.69, 9.17) is 14.2 Å². The van der Waals surface area contributed by atoms with Crippen LogP contribution >= 0.6 is 0 Å². The average molecular weight is 481 g/mol. The van der Waals surface area contributed by atoms with Gasteiger partial charge in [-0.3, -0.25) is 4.79 Å². The summed E-state index contributed by atoms with van der Waals surface area (Å²) >= 11 is 0. The van der Waals surface area contributed by atoms with Crippen molar-refractivity contribution in [3.8, 4) is 11.5 Å². The summed E-state index contributed by atoms with van der Waals surface area (Å²) in [4.78, 5) is 12.2. The van der Waals surface area contributed by atoms with Crippen LogP contribution in [0, 0.1) is 5.82 Å². The third kappa shape index (κ3) is 5.80. The number of ether oxygens (including phenoxy) is 3.